The number of piperidine rings is 2. The Morgan fingerprint density at radius 1 is 0.857 bits per heavy atom. The van der Waals surface area contributed by atoms with Crippen molar-refractivity contribution in [2.45, 2.75) is 52.2 Å². The summed E-state index contributed by atoms with van der Waals surface area (Å²) in [7, 11) is 0. The number of nitrogens with zero attached hydrogens (tertiary/aromatic N) is 2. The molecule has 35 heavy (non-hydrogen) atoms. The van der Waals surface area contributed by atoms with Crippen LogP contribution in [0.1, 0.15) is 49.3 Å². The normalized spacial score (nSPS) is 20.2. The Hall–Kier alpha value is -2.69. The molecular weight excluding hydrogens is 430 g/mol. The molecule has 3 aromatic carbocycles. The first kappa shape index (κ1) is 24.0. The van der Waals surface area contributed by atoms with E-state index >= 15 is 0 Å². The number of benzene rings is 3. The topological polar surface area (TPSA) is 35.6 Å². The van der Waals surface area contributed by atoms with Gasteiger partial charge in [-0.1, -0.05) is 73.7 Å². The molecular formula is C31H39N3O. The molecule has 5 rings (SSSR count). The number of rotatable bonds is 7. The van der Waals surface area contributed by atoms with Gasteiger partial charge in [0.25, 0.3) is 0 Å². The molecule has 0 saturated carbocycles. The van der Waals surface area contributed by atoms with E-state index in [1.165, 1.54) is 53.4 Å². The minimum absolute atomic E-state index is 0.0669. The highest BCUT2D eigenvalue weighted by Gasteiger charge is 2.26. The van der Waals surface area contributed by atoms with Gasteiger partial charge >= 0.3 is 0 Å². The van der Waals surface area contributed by atoms with Crippen LogP contribution in [-0.4, -0.2) is 41.9 Å². The van der Waals surface area contributed by atoms with Gasteiger partial charge in [-0.2, -0.15) is 0 Å². The first-order chi connectivity index (χ1) is 17.1. The van der Waals surface area contributed by atoms with E-state index in [1.54, 1.807) is 0 Å². The maximum atomic E-state index is 13.1. The molecule has 1 amide bonds. The molecule has 0 aliphatic carbocycles. The molecule has 1 atom stereocenters. The second kappa shape index (κ2) is 11.4. The van der Waals surface area contributed by atoms with Crippen molar-refractivity contribution >= 4 is 16.7 Å². The van der Waals surface area contributed by atoms with Crippen molar-refractivity contribution in [1.82, 2.24) is 15.1 Å². The number of hydrogen-bond donors (Lipinski definition) is 1. The average molecular weight is 470 g/mol. The zero-order valence-electron chi connectivity index (χ0n) is 21.1. The van der Waals surface area contributed by atoms with Gasteiger partial charge in [0.05, 0.1) is 5.92 Å². The maximum Gasteiger partial charge on any atom is 0.224 e. The SMILES string of the molecule is CC1CCN(Cc2cccc(CNC(=O)C3CCCN(Cc4cccc5ccccc45)C3)c2)CC1. The lowest BCUT2D eigenvalue weighted by molar-refractivity contribution is -0.126. The Morgan fingerprint density at radius 3 is 2.51 bits per heavy atom. The van der Waals surface area contributed by atoms with Gasteiger partial charge < -0.3 is 5.32 Å². The van der Waals surface area contributed by atoms with Crippen molar-refractivity contribution in [3.05, 3.63) is 83.4 Å². The summed E-state index contributed by atoms with van der Waals surface area (Å²) in [5.41, 5.74) is 3.90. The average Bonchev–Trinajstić information content (AvgIpc) is 2.89. The molecule has 1 N–H and O–H groups in total. The predicted octanol–water partition coefficient (Wildman–Crippen LogP) is 5.60. The third kappa shape index (κ3) is 6.31. The summed E-state index contributed by atoms with van der Waals surface area (Å²) in [6.45, 7) is 9.17. The van der Waals surface area contributed by atoms with Crippen molar-refractivity contribution in [1.29, 1.82) is 0 Å². The smallest absolute Gasteiger partial charge is 0.224 e. The molecule has 2 saturated heterocycles. The molecule has 2 aliphatic rings. The van der Waals surface area contributed by atoms with Gasteiger partial charge in [-0.3, -0.25) is 14.6 Å². The molecule has 2 fully saturated rings. The summed E-state index contributed by atoms with van der Waals surface area (Å²) in [5, 5.41) is 5.85. The highest BCUT2D eigenvalue weighted by molar-refractivity contribution is 5.85. The second-order valence-electron chi connectivity index (χ2n) is 10.7. The van der Waals surface area contributed by atoms with Crippen LogP contribution in [0.4, 0.5) is 0 Å². The lowest BCUT2D eigenvalue weighted by Gasteiger charge is -2.32. The Labute approximate surface area is 210 Å². The minimum Gasteiger partial charge on any atom is -0.352 e. The summed E-state index contributed by atoms with van der Waals surface area (Å²) in [6.07, 6.45) is 4.65. The van der Waals surface area contributed by atoms with Gasteiger partial charge in [0.2, 0.25) is 5.91 Å². The molecule has 4 heteroatoms. The fourth-order valence-corrected chi connectivity index (χ4v) is 5.73. The van der Waals surface area contributed by atoms with E-state index < -0.39 is 0 Å². The summed E-state index contributed by atoms with van der Waals surface area (Å²) < 4.78 is 0. The zero-order chi connectivity index (χ0) is 24.0. The van der Waals surface area contributed by atoms with E-state index in [1.807, 2.05) is 0 Å². The quantitative estimate of drug-likeness (QED) is 0.489. The van der Waals surface area contributed by atoms with Crippen molar-refractivity contribution in [3.63, 3.8) is 0 Å². The molecule has 0 radical (unpaired) electrons. The molecule has 1 unspecified atom stereocenters. The van der Waals surface area contributed by atoms with Gasteiger partial charge in [0, 0.05) is 26.2 Å². The highest BCUT2D eigenvalue weighted by Crippen LogP contribution is 2.24. The van der Waals surface area contributed by atoms with Crippen LogP contribution >= 0.6 is 0 Å². The van der Waals surface area contributed by atoms with E-state index in [4.69, 9.17) is 0 Å². The molecule has 3 aromatic rings. The Morgan fingerprint density at radius 2 is 1.63 bits per heavy atom. The first-order valence-electron chi connectivity index (χ1n) is 13.4. The fourth-order valence-electron chi connectivity index (χ4n) is 5.73. The van der Waals surface area contributed by atoms with E-state index in [0.29, 0.717) is 6.54 Å². The number of carbonyl (C=O) groups is 1. The number of hydrogen-bond acceptors (Lipinski definition) is 3. The van der Waals surface area contributed by atoms with Crippen molar-refractivity contribution in [2.24, 2.45) is 11.8 Å². The van der Waals surface area contributed by atoms with Crippen molar-refractivity contribution in [2.75, 3.05) is 26.2 Å². The molecule has 0 bridgehead atoms. The van der Waals surface area contributed by atoms with Crippen LogP contribution in [0.15, 0.2) is 66.7 Å². The lowest BCUT2D eigenvalue weighted by Crippen LogP contribution is -2.42. The summed E-state index contributed by atoms with van der Waals surface area (Å²) >= 11 is 0. The molecule has 4 nitrogen and oxygen atoms in total. The predicted molar refractivity (Wildman–Crippen MR) is 144 cm³/mol. The van der Waals surface area contributed by atoms with Crippen LogP contribution in [0.25, 0.3) is 10.8 Å². The second-order valence-corrected chi connectivity index (χ2v) is 10.7. The summed E-state index contributed by atoms with van der Waals surface area (Å²) in [4.78, 5) is 18.1. The lowest BCUT2D eigenvalue weighted by atomic mass is 9.96. The molecule has 2 aliphatic heterocycles. The number of amides is 1. The van der Waals surface area contributed by atoms with E-state index in [9.17, 15) is 4.79 Å². The first-order valence-corrected chi connectivity index (χ1v) is 13.4. The van der Waals surface area contributed by atoms with Crippen LogP contribution in [-0.2, 0) is 24.4 Å². The summed E-state index contributed by atoms with van der Waals surface area (Å²) in [6, 6.07) is 23.9. The number of fused-ring (bicyclic) bond motifs is 1. The van der Waals surface area contributed by atoms with Gasteiger partial charge in [-0.15, -0.1) is 0 Å². The van der Waals surface area contributed by atoms with E-state index in [2.05, 4.69) is 88.8 Å². The third-order valence-corrected chi connectivity index (χ3v) is 7.89. The van der Waals surface area contributed by atoms with E-state index in [0.717, 1.165) is 44.9 Å². The molecule has 184 valence electrons. The van der Waals surface area contributed by atoms with Gasteiger partial charge in [-0.25, -0.2) is 0 Å². The van der Waals surface area contributed by atoms with Crippen LogP contribution in [0.5, 0.6) is 0 Å². The monoisotopic (exact) mass is 469 g/mol. The number of likely N-dealkylation sites (tertiary alicyclic amines) is 2. The molecule has 2 heterocycles. The van der Waals surface area contributed by atoms with Crippen LogP contribution < -0.4 is 5.32 Å². The van der Waals surface area contributed by atoms with Gasteiger partial charge in [-0.05, 0) is 78.7 Å². The van der Waals surface area contributed by atoms with Crippen molar-refractivity contribution in [3.8, 4) is 0 Å². The Balaban J connectivity index is 1.14. The number of nitrogens with one attached hydrogen (secondary N) is 1. The number of carbonyl (C=O) groups excluding carboxylic acids is 1. The Kier molecular flexibility index (Phi) is 7.80. The van der Waals surface area contributed by atoms with Crippen LogP contribution in [0.3, 0.4) is 0 Å². The Bertz CT molecular complexity index is 1130. The third-order valence-electron chi connectivity index (χ3n) is 7.89. The maximum absolute atomic E-state index is 13.1. The largest absolute Gasteiger partial charge is 0.352 e. The summed E-state index contributed by atoms with van der Waals surface area (Å²) in [5.74, 6) is 1.12. The van der Waals surface area contributed by atoms with Crippen LogP contribution in [0.2, 0.25) is 0 Å². The molecule has 0 spiro atoms. The van der Waals surface area contributed by atoms with Crippen molar-refractivity contribution < 1.29 is 4.79 Å². The molecule has 0 aromatic heterocycles. The van der Waals surface area contributed by atoms with E-state index in [-0.39, 0.29) is 11.8 Å². The van der Waals surface area contributed by atoms with Crippen LogP contribution in [0, 0.1) is 11.8 Å². The highest BCUT2D eigenvalue weighted by atomic mass is 16.1. The minimum atomic E-state index is 0.0669. The van der Waals surface area contributed by atoms with Gasteiger partial charge in [0.1, 0.15) is 0 Å². The zero-order valence-corrected chi connectivity index (χ0v) is 21.1. The standard InChI is InChI=1S/C31H39N3O/c1-24-14-17-33(18-15-24)21-26-8-4-7-25(19-26)20-32-31(35)29-12-6-16-34(23-29)22-28-11-5-10-27-9-2-3-13-30(27)28/h2-5,7-11,13,19,24,29H,6,12,14-18,20-23H2,1H3,(H,32,35). The fraction of sp³-hybridized carbons (Fsp3) is 0.452. The van der Waals surface area contributed by atoms with Gasteiger partial charge in [0.15, 0.2) is 0 Å².